The maximum absolute atomic E-state index is 13.6. The lowest BCUT2D eigenvalue weighted by Crippen LogP contribution is -2.29. The fourth-order valence-corrected chi connectivity index (χ4v) is 4.48. The Balaban J connectivity index is 1.56. The normalized spacial score (nSPS) is 15.1. The molecule has 0 bridgehead atoms. The van der Waals surface area contributed by atoms with Gasteiger partial charge in [0.1, 0.15) is 17.7 Å². The van der Waals surface area contributed by atoms with Gasteiger partial charge in [0.15, 0.2) is 0 Å². The van der Waals surface area contributed by atoms with E-state index in [0.717, 1.165) is 35.3 Å². The van der Waals surface area contributed by atoms with Crippen molar-refractivity contribution in [3.05, 3.63) is 111 Å². The van der Waals surface area contributed by atoms with Crippen molar-refractivity contribution in [3.8, 4) is 11.4 Å². The Morgan fingerprint density at radius 2 is 1.80 bits per heavy atom. The highest BCUT2D eigenvalue weighted by Crippen LogP contribution is 2.41. The number of aromatic nitrogens is 3. The summed E-state index contributed by atoms with van der Waals surface area (Å²) in [5.74, 6) is 0.631. The van der Waals surface area contributed by atoms with Gasteiger partial charge in [-0.2, -0.15) is 0 Å². The lowest BCUT2D eigenvalue weighted by Gasteiger charge is -2.21. The maximum Gasteiger partial charge on any atom is 0.257 e. The maximum atomic E-state index is 13.6. The molecule has 180 valence electrons. The van der Waals surface area contributed by atoms with E-state index in [1.165, 1.54) is 12.1 Å². The zero-order valence-electron chi connectivity index (χ0n) is 20.0. The van der Waals surface area contributed by atoms with E-state index in [2.05, 4.69) is 4.98 Å². The predicted molar refractivity (Wildman–Crippen MR) is 132 cm³/mol. The number of hydrogen-bond acceptors (Lipinski definition) is 4. The molecule has 35 heavy (non-hydrogen) atoms. The molecule has 2 atom stereocenters. The van der Waals surface area contributed by atoms with Crippen molar-refractivity contribution in [1.29, 1.82) is 0 Å². The van der Waals surface area contributed by atoms with Crippen LogP contribution in [0.2, 0.25) is 0 Å². The summed E-state index contributed by atoms with van der Waals surface area (Å²) in [6.07, 6.45) is 6.48. The van der Waals surface area contributed by atoms with Crippen LogP contribution in [0.1, 0.15) is 65.8 Å². The lowest BCUT2D eigenvalue weighted by atomic mass is 9.98. The highest BCUT2D eigenvalue weighted by Gasteiger charge is 2.28. The minimum Gasteiger partial charge on any atom is -0.495 e. The number of imidazole rings is 1. The molecule has 1 fully saturated rings. The van der Waals surface area contributed by atoms with Crippen LogP contribution in [0.5, 0.6) is 5.75 Å². The van der Waals surface area contributed by atoms with E-state index in [-0.39, 0.29) is 17.4 Å². The molecule has 2 unspecified atom stereocenters. The second-order valence-corrected chi connectivity index (χ2v) is 9.20. The summed E-state index contributed by atoms with van der Waals surface area (Å²) in [5, 5.41) is 11.4. The molecule has 5 rings (SSSR count). The zero-order valence-corrected chi connectivity index (χ0v) is 20.0. The Kier molecular flexibility index (Phi) is 6.03. The van der Waals surface area contributed by atoms with Crippen LogP contribution in [-0.2, 0) is 0 Å². The van der Waals surface area contributed by atoms with Gasteiger partial charge >= 0.3 is 0 Å². The first-order chi connectivity index (χ1) is 16.9. The number of nitrogens with zero attached hydrogens (tertiary/aromatic N) is 3. The van der Waals surface area contributed by atoms with Crippen molar-refractivity contribution < 1.29 is 14.2 Å². The Morgan fingerprint density at radius 1 is 1.09 bits per heavy atom. The number of benzene rings is 2. The number of ether oxygens (including phenoxy) is 1. The van der Waals surface area contributed by atoms with Gasteiger partial charge in [-0.25, -0.2) is 9.37 Å². The second-order valence-electron chi connectivity index (χ2n) is 9.20. The average Bonchev–Trinajstić information content (AvgIpc) is 3.63. The summed E-state index contributed by atoms with van der Waals surface area (Å²) in [4.78, 5) is 17.9. The van der Waals surface area contributed by atoms with Gasteiger partial charge in [0.05, 0.1) is 36.4 Å². The fourth-order valence-electron chi connectivity index (χ4n) is 4.48. The smallest absolute Gasteiger partial charge is 0.257 e. The summed E-state index contributed by atoms with van der Waals surface area (Å²) < 4.78 is 22.6. The third-order valence-corrected chi connectivity index (χ3v) is 6.71. The number of halogens is 1. The highest BCUT2D eigenvalue weighted by atomic mass is 19.1. The molecule has 7 heteroatoms. The summed E-state index contributed by atoms with van der Waals surface area (Å²) in [6, 6.07) is 13.1. The Morgan fingerprint density at radius 3 is 2.43 bits per heavy atom. The fraction of sp³-hybridized carbons (Fsp3) is 0.286. The quantitative estimate of drug-likeness (QED) is 0.407. The van der Waals surface area contributed by atoms with Crippen LogP contribution in [0.3, 0.4) is 0 Å². The predicted octanol–water partition coefficient (Wildman–Crippen LogP) is 5.06. The first-order valence-electron chi connectivity index (χ1n) is 11.7. The number of methoxy groups -OCH3 is 1. The third kappa shape index (κ3) is 4.51. The molecule has 6 nitrogen and oxygen atoms in total. The first kappa shape index (κ1) is 23.1. The van der Waals surface area contributed by atoms with Gasteiger partial charge in [0.2, 0.25) is 0 Å². The van der Waals surface area contributed by atoms with Gasteiger partial charge in [0, 0.05) is 12.4 Å². The number of aliphatic hydroxyl groups excluding tert-OH is 1. The van der Waals surface area contributed by atoms with Crippen LogP contribution in [0, 0.1) is 12.7 Å². The first-order valence-corrected chi connectivity index (χ1v) is 11.7. The minimum absolute atomic E-state index is 0.271. The third-order valence-electron chi connectivity index (χ3n) is 6.71. The molecule has 1 aliphatic rings. The van der Waals surface area contributed by atoms with Gasteiger partial charge in [-0.1, -0.05) is 18.2 Å². The van der Waals surface area contributed by atoms with Crippen molar-refractivity contribution in [1.82, 2.24) is 14.1 Å². The van der Waals surface area contributed by atoms with Crippen LogP contribution >= 0.6 is 0 Å². The standard InChI is InChI=1S/C28H28FN3O3/c1-17-14-31(16-30-17)25-11-8-21(13-26(25)35-3)27(33)24-12-22(20-4-5-20)15-32(28(24)34)18(2)19-6-9-23(29)10-7-19/h6-16,18,20,27,33H,4-5H2,1-3H3. The zero-order chi connectivity index (χ0) is 24.7. The molecule has 2 heterocycles. The minimum atomic E-state index is -1.12. The van der Waals surface area contributed by atoms with Crippen molar-refractivity contribution in [3.63, 3.8) is 0 Å². The summed E-state index contributed by atoms with van der Waals surface area (Å²) in [5.41, 5.74) is 4.13. The van der Waals surface area contributed by atoms with E-state index in [0.29, 0.717) is 22.8 Å². The molecular weight excluding hydrogens is 445 g/mol. The van der Waals surface area contributed by atoms with Crippen LogP contribution in [0.4, 0.5) is 4.39 Å². The largest absolute Gasteiger partial charge is 0.495 e. The molecule has 1 saturated carbocycles. The van der Waals surface area contributed by atoms with E-state index in [9.17, 15) is 14.3 Å². The van der Waals surface area contributed by atoms with E-state index >= 15 is 0 Å². The van der Waals surface area contributed by atoms with E-state index < -0.39 is 6.10 Å². The van der Waals surface area contributed by atoms with Crippen molar-refractivity contribution >= 4 is 0 Å². The number of aliphatic hydroxyl groups is 1. The summed E-state index contributed by atoms with van der Waals surface area (Å²) in [7, 11) is 1.57. The molecule has 0 saturated heterocycles. The van der Waals surface area contributed by atoms with Gasteiger partial charge in [-0.15, -0.1) is 0 Å². The lowest BCUT2D eigenvalue weighted by molar-refractivity contribution is 0.217. The monoisotopic (exact) mass is 473 g/mol. The average molecular weight is 474 g/mol. The van der Waals surface area contributed by atoms with Crippen LogP contribution in [-0.4, -0.2) is 26.3 Å². The van der Waals surface area contributed by atoms with Gasteiger partial charge in [0.25, 0.3) is 5.56 Å². The van der Waals surface area contributed by atoms with Crippen molar-refractivity contribution in [2.45, 2.75) is 44.8 Å². The molecule has 2 aromatic carbocycles. The molecule has 0 amide bonds. The molecule has 0 radical (unpaired) electrons. The van der Waals surface area contributed by atoms with Crippen LogP contribution < -0.4 is 10.3 Å². The number of aryl methyl sites for hydroxylation is 1. The van der Waals surface area contributed by atoms with Gasteiger partial charge in [-0.05, 0) is 79.6 Å². The Hall–Kier alpha value is -3.71. The second kappa shape index (κ2) is 9.15. The topological polar surface area (TPSA) is 69.3 Å². The van der Waals surface area contributed by atoms with Crippen molar-refractivity contribution in [2.24, 2.45) is 0 Å². The molecule has 0 spiro atoms. The molecule has 1 aliphatic carbocycles. The number of hydrogen-bond donors (Lipinski definition) is 1. The number of rotatable bonds is 7. The van der Waals surface area contributed by atoms with E-state index in [1.54, 1.807) is 42.3 Å². The SMILES string of the molecule is COc1cc(C(O)c2cc(C3CC3)cn(C(C)c3ccc(F)cc3)c2=O)ccc1-n1cnc(C)c1. The van der Waals surface area contributed by atoms with Gasteiger partial charge in [-0.3, -0.25) is 4.79 Å². The highest BCUT2D eigenvalue weighted by molar-refractivity contribution is 5.50. The summed E-state index contributed by atoms with van der Waals surface area (Å²) in [6.45, 7) is 3.82. The van der Waals surface area contributed by atoms with Crippen molar-refractivity contribution in [2.75, 3.05) is 7.11 Å². The van der Waals surface area contributed by atoms with Gasteiger partial charge < -0.3 is 19.0 Å². The molecule has 0 aliphatic heterocycles. The molecular formula is C28H28FN3O3. The number of pyridine rings is 1. The molecule has 1 N–H and O–H groups in total. The Bertz CT molecular complexity index is 1420. The van der Waals surface area contributed by atoms with E-state index in [4.69, 9.17) is 4.74 Å². The summed E-state index contributed by atoms with van der Waals surface area (Å²) >= 11 is 0. The van der Waals surface area contributed by atoms with Crippen LogP contribution in [0.15, 0.2) is 72.0 Å². The molecule has 2 aromatic heterocycles. The van der Waals surface area contributed by atoms with Crippen LogP contribution in [0.25, 0.3) is 5.69 Å². The Labute approximate surface area is 203 Å². The van der Waals surface area contributed by atoms with E-state index in [1.807, 2.05) is 42.9 Å². The molecule has 4 aromatic rings.